The normalized spacial score (nSPS) is 15.4. The third-order valence-electron chi connectivity index (χ3n) is 10.2. The molecule has 1 aliphatic heterocycles. The van der Waals surface area contributed by atoms with E-state index in [1.54, 1.807) is 65.0 Å². The summed E-state index contributed by atoms with van der Waals surface area (Å²) in [7, 11) is 0. The molecular formula is C43H49N7O11S. The number of carboxylic acids is 2. The molecule has 5 amide bonds. The van der Waals surface area contributed by atoms with Gasteiger partial charge in [0.1, 0.15) is 42.5 Å². The number of benzene rings is 2. The second-order valence-electron chi connectivity index (χ2n) is 15.6. The van der Waals surface area contributed by atoms with Gasteiger partial charge in [-0.2, -0.15) is 0 Å². The standard InChI is InChI=1S/C43H49N7O11S/c1-22(2)35(48-38(55)30-13-12-26-8-6-7-9-29(26)45-30)40(57)46-31(17-33(51)52)39(56)49-36(23(3)4)42(59)50-15-14-25-11-10-24(5)16-28(25)37(50)41(58)47-32(18-34(53)54)43(60)61-20-27-19-44-21-62-27/h6-13,16,19,21-23,31-32,35-37H,14-15,17-18,20H2,1-5H3,(H,46,57)(H,47,58)(H,48,55)(H,49,56)(H,51,52)(H,53,54)/t31-,32?,35?,36-,37?/m0/s1. The SMILES string of the molecule is Cc1ccc2c(c1)C(C(=O)NC(CC(=O)O)C(=O)OCc1cncs1)N(C(=O)[C@@H](NC(=O)[C@H](CC(=O)O)NC(=O)C(NC(=O)c1ccc3ccccc3n1)C(C)C)C(C)C)CC2. The smallest absolute Gasteiger partial charge is 0.329 e. The molecule has 0 saturated carbocycles. The molecule has 5 rings (SSSR count). The van der Waals surface area contributed by atoms with Gasteiger partial charge in [-0.3, -0.25) is 38.5 Å². The first-order chi connectivity index (χ1) is 29.4. The molecular weight excluding hydrogens is 823 g/mol. The number of carbonyl (C=O) groups excluding carboxylic acids is 6. The molecule has 2 aromatic heterocycles. The first-order valence-electron chi connectivity index (χ1n) is 19.9. The fourth-order valence-corrected chi connectivity index (χ4v) is 7.47. The van der Waals surface area contributed by atoms with Gasteiger partial charge in [-0.1, -0.05) is 75.7 Å². The second kappa shape index (κ2) is 20.7. The maximum absolute atomic E-state index is 14.6. The fraction of sp³-hybridized carbons (Fsp3) is 0.395. The quantitative estimate of drug-likeness (QED) is 0.0787. The van der Waals surface area contributed by atoms with Crippen LogP contribution in [0, 0.1) is 18.8 Å². The third kappa shape index (κ3) is 11.7. The van der Waals surface area contributed by atoms with Crippen LogP contribution in [-0.4, -0.2) is 103 Å². The van der Waals surface area contributed by atoms with Gasteiger partial charge >= 0.3 is 17.9 Å². The van der Waals surface area contributed by atoms with E-state index in [-0.39, 0.29) is 18.8 Å². The lowest BCUT2D eigenvalue weighted by Gasteiger charge is -2.39. The Bertz CT molecular complexity index is 2340. The monoisotopic (exact) mass is 871 g/mol. The Balaban J connectivity index is 1.36. The first kappa shape index (κ1) is 46.3. The lowest BCUT2D eigenvalue weighted by Crippen LogP contribution is -2.60. The number of aryl methyl sites for hydroxylation is 1. The van der Waals surface area contributed by atoms with E-state index in [2.05, 4.69) is 31.2 Å². The number of rotatable bonds is 18. The van der Waals surface area contributed by atoms with Gasteiger partial charge in [-0.05, 0) is 48.4 Å². The largest absolute Gasteiger partial charge is 0.481 e. The van der Waals surface area contributed by atoms with Crippen LogP contribution in [0.15, 0.2) is 66.3 Å². The average molecular weight is 872 g/mol. The summed E-state index contributed by atoms with van der Waals surface area (Å²) in [4.78, 5) is 117. The van der Waals surface area contributed by atoms with Crippen LogP contribution in [0.1, 0.15) is 78.6 Å². The van der Waals surface area contributed by atoms with Crippen molar-refractivity contribution in [2.45, 2.75) is 90.7 Å². The summed E-state index contributed by atoms with van der Waals surface area (Å²) in [6.07, 6.45) is 0.0715. The Hall–Kier alpha value is -6.76. The Morgan fingerprint density at radius 2 is 1.52 bits per heavy atom. The number of carboxylic acid groups (broad SMARTS) is 2. The number of amides is 5. The molecule has 3 unspecified atom stereocenters. The molecule has 0 radical (unpaired) electrons. The van der Waals surface area contributed by atoms with Gasteiger partial charge in [0.15, 0.2) is 0 Å². The lowest BCUT2D eigenvalue weighted by molar-refractivity contribution is -0.154. The molecule has 0 aliphatic carbocycles. The molecule has 19 heteroatoms. The highest BCUT2D eigenvalue weighted by molar-refractivity contribution is 7.09. The molecule has 5 atom stereocenters. The molecule has 62 heavy (non-hydrogen) atoms. The molecule has 6 N–H and O–H groups in total. The number of carbonyl (C=O) groups is 8. The summed E-state index contributed by atoms with van der Waals surface area (Å²) in [5.41, 5.74) is 4.00. The van der Waals surface area contributed by atoms with Gasteiger partial charge < -0.3 is 41.1 Å². The summed E-state index contributed by atoms with van der Waals surface area (Å²) in [5.74, 6) is -9.19. The molecule has 2 aromatic carbocycles. The van der Waals surface area contributed by atoms with Gasteiger partial charge in [0, 0.05) is 18.1 Å². The molecule has 328 valence electrons. The fourth-order valence-electron chi connectivity index (χ4n) is 6.96. The Kier molecular flexibility index (Phi) is 15.4. The van der Waals surface area contributed by atoms with Crippen LogP contribution in [0.5, 0.6) is 0 Å². The Morgan fingerprint density at radius 3 is 2.18 bits per heavy atom. The van der Waals surface area contributed by atoms with Crippen LogP contribution in [0.25, 0.3) is 10.9 Å². The van der Waals surface area contributed by atoms with Crippen LogP contribution >= 0.6 is 11.3 Å². The van der Waals surface area contributed by atoms with E-state index in [1.807, 2.05) is 18.2 Å². The van der Waals surface area contributed by atoms with Gasteiger partial charge in [-0.15, -0.1) is 11.3 Å². The highest BCUT2D eigenvalue weighted by Gasteiger charge is 2.42. The Labute approximate surface area is 360 Å². The van der Waals surface area contributed by atoms with Crippen LogP contribution in [-0.2, 0) is 51.3 Å². The number of nitrogens with zero attached hydrogens (tertiary/aromatic N) is 3. The van der Waals surface area contributed by atoms with E-state index in [0.717, 1.165) is 16.5 Å². The van der Waals surface area contributed by atoms with Crippen LogP contribution < -0.4 is 21.3 Å². The van der Waals surface area contributed by atoms with Gasteiger partial charge in [0.05, 0.1) is 28.7 Å². The number of pyridine rings is 1. The van der Waals surface area contributed by atoms with Crippen molar-refractivity contribution in [1.82, 2.24) is 36.1 Å². The highest BCUT2D eigenvalue weighted by atomic mass is 32.1. The first-order valence-corrected chi connectivity index (χ1v) is 20.8. The number of fused-ring (bicyclic) bond motifs is 2. The van der Waals surface area contributed by atoms with Crippen LogP contribution in [0.3, 0.4) is 0 Å². The highest BCUT2D eigenvalue weighted by Crippen LogP contribution is 2.32. The summed E-state index contributed by atoms with van der Waals surface area (Å²) < 4.78 is 5.30. The number of para-hydroxylation sites is 1. The minimum absolute atomic E-state index is 0.0252. The molecule has 4 aromatic rings. The molecule has 18 nitrogen and oxygen atoms in total. The second-order valence-corrected chi connectivity index (χ2v) is 16.6. The number of ether oxygens (including phenoxy) is 1. The number of aliphatic carboxylic acids is 2. The summed E-state index contributed by atoms with van der Waals surface area (Å²) >= 11 is 1.21. The molecule has 0 bridgehead atoms. The van der Waals surface area contributed by atoms with Crippen molar-refractivity contribution in [3.8, 4) is 0 Å². The van der Waals surface area contributed by atoms with Crippen molar-refractivity contribution in [1.29, 1.82) is 0 Å². The van der Waals surface area contributed by atoms with Crippen molar-refractivity contribution in [2.75, 3.05) is 6.54 Å². The van der Waals surface area contributed by atoms with Crippen molar-refractivity contribution in [2.24, 2.45) is 11.8 Å². The van der Waals surface area contributed by atoms with E-state index in [0.29, 0.717) is 22.4 Å². The van der Waals surface area contributed by atoms with Crippen LogP contribution in [0.2, 0.25) is 0 Å². The molecule has 3 heterocycles. The zero-order valence-corrected chi connectivity index (χ0v) is 35.6. The van der Waals surface area contributed by atoms with Crippen LogP contribution in [0.4, 0.5) is 0 Å². The maximum Gasteiger partial charge on any atom is 0.329 e. The van der Waals surface area contributed by atoms with E-state index in [9.17, 15) is 48.6 Å². The predicted octanol–water partition coefficient (Wildman–Crippen LogP) is 2.68. The minimum atomic E-state index is -1.71. The summed E-state index contributed by atoms with van der Waals surface area (Å²) in [6.45, 7) is 8.10. The number of aromatic nitrogens is 2. The van der Waals surface area contributed by atoms with Gasteiger partial charge in [0.25, 0.3) is 5.91 Å². The Morgan fingerprint density at radius 1 is 0.823 bits per heavy atom. The number of esters is 1. The number of thiazole rings is 1. The summed E-state index contributed by atoms with van der Waals surface area (Å²) in [5, 5.41) is 30.4. The van der Waals surface area contributed by atoms with Gasteiger partial charge in [-0.25, -0.2) is 9.78 Å². The van der Waals surface area contributed by atoms with Gasteiger partial charge in [0.2, 0.25) is 23.6 Å². The molecule has 1 aliphatic rings. The average Bonchev–Trinajstić information content (AvgIpc) is 3.75. The van der Waals surface area contributed by atoms with Crippen molar-refractivity contribution in [3.63, 3.8) is 0 Å². The van der Waals surface area contributed by atoms with E-state index in [1.165, 1.54) is 34.0 Å². The molecule has 0 fully saturated rings. The molecule has 0 saturated heterocycles. The van der Waals surface area contributed by atoms with E-state index in [4.69, 9.17) is 4.74 Å². The third-order valence-corrected chi connectivity index (χ3v) is 10.9. The van der Waals surface area contributed by atoms with Crippen molar-refractivity contribution in [3.05, 3.63) is 93.6 Å². The number of hydrogen-bond donors (Lipinski definition) is 6. The number of hydrogen-bond acceptors (Lipinski definition) is 12. The van der Waals surface area contributed by atoms with Crippen molar-refractivity contribution < 1.29 is 53.3 Å². The summed E-state index contributed by atoms with van der Waals surface area (Å²) in [6, 6.07) is 8.37. The molecule has 0 spiro atoms. The van der Waals surface area contributed by atoms with E-state index >= 15 is 0 Å². The maximum atomic E-state index is 14.6. The lowest BCUT2D eigenvalue weighted by atomic mass is 9.89. The topological polar surface area (TPSA) is 263 Å². The van der Waals surface area contributed by atoms with E-state index < -0.39 is 102 Å². The zero-order chi connectivity index (χ0) is 45.2. The zero-order valence-electron chi connectivity index (χ0n) is 34.7. The predicted molar refractivity (Wildman–Crippen MR) is 224 cm³/mol. The van der Waals surface area contributed by atoms with Crippen molar-refractivity contribution >= 4 is 69.7 Å². The minimum Gasteiger partial charge on any atom is -0.481 e. The number of nitrogens with one attached hydrogen (secondary N) is 4.